The molecule has 1 aromatic heterocycles. The van der Waals surface area contributed by atoms with Gasteiger partial charge in [0.15, 0.2) is 0 Å². The van der Waals surface area contributed by atoms with Crippen LogP contribution in [0.1, 0.15) is 49.0 Å². The van der Waals surface area contributed by atoms with Crippen LogP contribution < -0.4 is 5.32 Å². The molecule has 2 aliphatic rings. The summed E-state index contributed by atoms with van der Waals surface area (Å²) in [6, 6.07) is 1.80. The van der Waals surface area contributed by atoms with Gasteiger partial charge in [0.25, 0.3) is 5.91 Å². The minimum atomic E-state index is -0.325. The van der Waals surface area contributed by atoms with E-state index in [1.165, 1.54) is 0 Å². The van der Waals surface area contributed by atoms with Gasteiger partial charge in [-0.25, -0.2) is 0 Å². The van der Waals surface area contributed by atoms with Crippen LogP contribution in [-0.2, 0) is 4.79 Å². The molecule has 1 aliphatic heterocycles. The summed E-state index contributed by atoms with van der Waals surface area (Å²) in [6.07, 6.45) is 6.31. The SMILES string of the molecule is Cc1cncc(C(=O)N2C3CCC(C3)[C@H]2C(=O)NC(C)C)c1. The van der Waals surface area contributed by atoms with Gasteiger partial charge in [-0.05, 0) is 57.6 Å². The molecular formula is C17H23N3O2. The fourth-order valence-corrected chi connectivity index (χ4v) is 3.81. The second-order valence-electron chi connectivity index (χ2n) is 6.80. The fourth-order valence-electron chi connectivity index (χ4n) is 3.81. The smallest absolute Gasteiger partial charge is 0.256 e. The van der Waals surface area contributed by atoms with E-state index in [0.717, 1.165) is 24.8 Å². The molecule has 2 heterocycles. The zero-order valence-electron chi connectivity index (χ0n) is 13.4. The molecule has 2 amide bonds. The van der Waals surface area contributed by atoms with Crippen molar-refractivity contribution in [2.24, 2.45) is 5.92 Å². The van der Waals surface area contributed by atoms with E-state index in [4.69, 9.17) is 0 Å². The van der Waals surface area contributed by atoms with E-state index in [1.54, 1.807) is 12.4 Å². The number of aryl methyl sites for hydroxylation is 1. The van der Waals surface area contributed by atoms with Gasteiger partial charge in [-0.15, -0.1) is 0 Å². The zero-order chi connectivity index (χ0) is 15.9. The van der Waals surface area contributed by atoms with E-state index in [-0.39, 0.29) is 29.9 Å². The minimum Gasteiger partial charge on any atom is -0.352 e. The average Bonchev–Trinajstić information content (AvgIpc) is 3.06. The number of piperidine rings is 1. The Hall–Kier alpha value is -1.91. The minimum absolute atomic E-state index is 0.0174. The lowest BCUT2D eigenvalue weighted by Gasteiger charge is -2.34. The van der Waals surface area contributed by atoms with Gasteiger partial charge in [-0.1, -0.05) is 0 Å². The van der Waals surface area contributed by atoms with E-state index in [9.17, 15) is 9.59 Å². The standard InChI is InChI=1S/C17H23N3O2/c1-10(2)19-16(21)15-12-4-5-14(7-12)20(15)17(22)13-6-11(3)8-18-9-13/h6,8-10,12,14-15H,4-5,7H2,1-3H3,(H,19,21)/t12?,14?,15-/m0/s1. The molecular weight excluding hydrogens is 278 g/mol. The molecule has 3 rings (SSSR count). The highest BCUT2D eigenvalue weighted by molar-refractivity contribution is 5.98. The highest BCUT2D eigenvalue weighted by Gasteiger charge is 2.51. The lowest BCUT2D eigenvalue weighted by molar-refractivity contribution is -0.127. The van der Waals surface area contributed by atoms with E-state index in [2.05, 4.69) is 10.3 Å². The van der Waals surface area contributed by atoms with Crippen molar-refractivity contribution in [2.75, 3.05) is 0 Å². The molecule has 5 heteroatoms. The second kappa shape index (κ2) is 5.71. The number of pyridine rings is 1. The lowest BCUT2D eigenvalue weighted by Crippen LogP contribution is -2.53. The van der Waals surface area contributed by atoms with E-state index in [0.29, 0.717) is 11.5 Å². The summed E-state index contributed by atoms with van der Waals surface area (Å²) in [7, 11) is 0. The number of aromatic nitrogens is 1. The van der Waals surface area contributed by atoms with Gasteiger partial charge in [0.05, 0.1) is 5.56 Å². The number of amides is 2. The molecule has 1 N–H and O–H groups in total. The molecule has 22 heavy (non-hydrogen) atoms. The molecule has 118 valence electrons. The normalized spacial score (nSPS) is 26.5. The topological polar surface area (TPSA) is 62.3 Å². The van der Waals surface area contributed by atoms with Crippen LogP contribution in [-0.4, -0.2) is 39.8 Å². The number of likely N-dealkylation sites (tertiary alicyclic amines) is 1. The Morgan fingerprint density at radius 2 is 2.09 bits per heavy atom. The van der Waals surface area contributed by atoms with Crippen molar-refractivity contribution >= 4 is 11.8 Å². The Morgan fingerprint density at radius 1 is 1.32 bits per heavy atom. The number of fused-ring (bicyclic) bond motifs is 2. The number of hydrogen-bond donors (Lipinski definition) is 1. The molecule has 3 atom stereocenters. The van der Waals surface area contributed by atoms with Crippen LogP contribution in [0, 0.1) is 12.8 Å². The Kier molecular flexibility index (Phi) is 3.89. The molecule has 2 bridgehead atoms. The average molecular weight is 301 g/mol. The van der Waals surface area contributed by atoms with Gasteiger partial charge < -0.3 is 10.2 Å². The van der Waals surface area contributed by atoms with Gasteiger partial charge in [0.2, 0.25) is 5.91 Å². The van der Waals surface area contributed by atoms with Crippen LogP contribution in [0.25, 0.3) is 0 Å². The van der Waals surface area contributed by atoms with Gasteiger partial charge in [0.1, 0.15) is 6.04 Å². The summed E-state index contributed by atoms with van der Waals surface area (Å²) in [6.45, 7) is 5.81. The summed E-state index contributed by atoms with van der Waals surface area (Å²) < 4.78 is 0. The third kappa shape index (κ3) is 2.60. The predicted molar refractivity (Wildman–Crippen MR) is 83.3 cm³/mol. The summed E-state index contributed by atoms with van der Waals surface area (Å²) >= 11 is 0. The van der Waals surface area contributed by atoms with Gasteiger partial charge in [-0.3, -0.25) is 14.6 Å². The molecule has 5 nitrogen and oxygen atoms in total. The van der Waals surface area contributed by atoms with Crippen LogP contribution in [0.2, 0.25) is 0 Å². The maximum atomic E-state index is 12.9. The highest BCUT2D eigenvalue weighted by Crippen LogP contribution is 2.43. The van der Waals surface area contributed by atoms with Crippen molar-refractivity contribution in [2.45, 2.75) is 58.2 Å². The van der Waals surface area contributed by atoms with Crippen LogP contribution in [0.15, 0.2) is 18.5 Å². The first kappa shape index (κ1) is 15.0. The predicted octanol–water partition coefficient (Wildman–Crippen LogP) is 1.91. The molecule has 1 saturated carbocycles. The number of carbonyl (C=O) groups excluding carboxylic acids is 2. The second-order valence-corrected chi connectivity index (χ2v) is 6.80. The fraction of sp³-hybridized carbons (Fsp3) is 0.588. The molecule has 0 radical (unpaired) electrons. The molecule has 1 aliphatic carbocycles. The van der Waals surface area contributed by atoms with Crippen LogP contribution >= 0.6 is 0 Å². The maximum absolute atomic E-state index is 12.9. The van der Waals surface area contributed by atoms with Crippen molar-refractivity contribution in [3.63, 3.8) is 0 Å². The first-order valence-corrected chi connectivity index (χ1v) is 8.02. The number of nitrogens with one attached hydrogen (secondary N) is 1. The number of hydrogen-bond acceptors (Lipinski definition) is 3. The Bertz CT molecular complexity index is 599. The van der Waals surface area contributed by atoms with E-state index < -0.39 is 0 Å². The van der Waals surface area contributed by atoms with Crippen LogP contribution in [0.4, 0.5) is 0 Å². The molecule has 1 saturated heterocycles. The van der Waals surface area contributed by atoms with Gasteiger partial charge in [0, 0.05) is 24.5 Å². The quantitative estimate of drug-likeness (QED) is 0.927. The molecule has 0 spiro atoms. The molecule has 0 aromatic carbocycles. The first-order valence-electron chi connectivity index (χ1n) is 8.02. The third-order valence-corrected chi connectivity index (χ3v) is 4.64. The number of nitrogens with zero attached hydrogens (tertiary/aromatic N) is 2. The van der Waals surface area contributed by atoms with Gasteiger partial charge >= 0.3 is 0 Å². The van der Waals surface area contributed by atoms with Crippen molar-refractivity contribution in [1.29, 1.82) is 0 Å². The summed E-state index contributed by atoms with van der Waals surface area (Å²) in [5.74, 6) is 0.217. The van der Waals surface area contributed by atoms with Crippen molar-refractivity contribution < 1.29 is 9.59 Å². The number of carbonyl (C=O) groups is 2. The Morgan fingerprint density at radius 3 is 2.77 bits per heavy atom. The molecule has 2 fully saturated rings. The summed E-state index contributed by atoms with van der Waals surface area (Å²) in [5, 5.41) is 2.97. The molecule has 1 aromatic rings. The monoisotopic (exact) mass is 301 g/mol. The van der Waals surface area contributed by atoms with Crippen molar-refractivity contribution in [3.8, 4) is 0 Å². The van der Waals surface area contributed by atoms with Crippen LogP contribution in [0.3, 0.4) is 0 Å². The Balaban J connectivity index is 1.87. The number of rotatable bonds is 3. The maximum Gasteiger partial charge on any atom is 0.256 e. The van der Waals surface area contributed by atoms with E-state index in [1.807, 2.05) is 31.7 Å². The van der Waals surface area contributed by atoms with Crippen molar-refractivity contribution in [1.82, 2.24) is 15.2 Å². The zero-order valence-corrected chi connectivity index (χ0v) is 13.4. The third-order valence-electron chi connectivity index (χ3n) is 4.64. The van der Waals surface area contributed by atoms with E-state index >= 15 is 0 Å². The van der Waals surface area contributed by atoms with Gasteiger partial charge in [-0.2, -0.15) is 0 Å². The van der Waals surface area contributed by atoms with Crippen LogP contribution in [0.5, 0.6) is 0 Å². The highest BCUT2D eigenvalue weighted by atomic mass is 16.2. The van der Waals surface area contributed by atoms with Crippen molar-refractivity contribution in [3.05, 3.63) is 29.6 Å². The first-order chi connectivity index (χ1) is 10.5. The largest absolute Gasteiger partial charge is 0.352 e. The lowest BCUT2D eigenvalue weighted by atomic mass is 9.97. The molecule has 2 unspecified atom stereocenters. The summed E-state index contributed by atoms with van der Waals surface area (Å²) in [5.41, 5.74) is 1.54. The Labute approximate surface area is 131 Å². The summed E-state index contributed by atoms with van der Waals surface area (Å²) in [4.78, 5) is 31.4.